The van der Waals surface area contributed by atoms with E-state index in [1.54, 1.807) is 6.92 Å². The molecule has 3 heteroatoms. The van der Waals surface area contributed by atoms with E-state index < -0.39 is 11.6 Å². The zero-order chi connectivity index (χ0) is 11.0. The Labute approximate surface area is 93.2 Å². The summed E-state index contributed by atoms with van der Waals surface area (Å²) in [5.41, 5.74) is 0.885. The van der Waals surface area contributed by atoms with Crippen molar-refractivity contribution in [3.8, 4) is 0 Å². The van der Waals surface area contributed by atoms with Crippen molar-refractivity contribution in [2.45, 2.75) is 31.6 Å². The third-order valence-corrected chi connectivity index (χ3v) is 3.27. The van der Waals surface area contributed by atoms with Crippen LogP contribution in [0.1, 0.15) is 35.8 Å². The Hall–Kier alpha value is -0.630. The minimum absolute atomic E-state index is 0.322. The number of hydrogen-bond donors (Lipinski definition) is 0. The first kappa shape index (κ1) is 10.9. The summed E-state index contributed by atoms with van der Waals surface area (Å²) in [6.45, 7) is 1.62. The van der Waals surface area contributed by atoms with Gasteiger partial charge in [0, 0.05) is 11.6 Å². The van der Waals surface area contributed by atoms with Crippen molar-refractivity contribution in [3.63, 3.8) is 0 Å². The first-order valence-corrected chi connectivity index (χ1v) is 5.61. The Balaban J connectivity index is 2.21. The smallest absolute Gasteiger partial charge is 0.130 e. The van der Waals surface area contributed by atoms with Crippen LogP contribution in [0.5, 0.6) is 0 Å². The van der Waals surface area contributed by atoms with E-state index >= 15 is 0 Å². The van der Waals surface area contributed by atoms with Crippen molar-refractivity contribution in [1.82, 2.24) is 0 Å². The van der Waals surface area contributed by atoms with E-state index in [1.165, 1.54) is 18.9 Å². The van der Waals surface area contributed by atoms with Crippen LogP contribution in [0.4, 0.5) is 8.78 Å². The Bertz CT molecular complexity index is 372. The molecular formula is C12H13ClF2. The highest BCUT2D eigenvalue weighted by Crippen LogP contribution is 2.41. The third kappa shape index (κ3) is 2.49. The van der Waals surface area contributed by atoms with Crippen LogP contribution in [0, 0.1) is 24.5 Å². The number of halogens is 3. The number of rotatable bonds is 3. The minimum Gasteiger partial charge on any atom is -0.207 e. The lowest BCUT2D eigenvalue weighted by Gasteiger charge is -2.11. The van der Waals surface area contributed by atoms with E-state index in [-0.39, 0.29) is 5.38 Å². The van der Waals surface area contributed by atoms with Gasteiger partial charge < -0.3 is 0 Å². The highest BCUT2D eigenvalue weighted by atomic mass is 35.5. The van der Waals surface area contributed by atoms with Crippen molar-refractivity contribution in [2.24, 2.45) is 5.92 Å². The molecule has 1 aromatic carbocycles. The van der Waals surface area contributed by atoms with Gasteiger partial charge in [-0.2, -0.15) is 0 Å². The molecule has 0 aromatic heterocycles. The normalized spacial score (nSPS) is 17.9. The second kappa shape index (κ2) is 4.09. The van der Waals surface area contributed by atoms with Crippen LogP contribution >= 0.6 is 11.6 Å². The van der Waals surface area contributed by atoms with Crippen molar-refractivity contribution < 1.29 is 8.78 Å². The van der Waals surface area contributed by atoms with Gasteiger partial charge in [-0.1, -0.05) is 12.8 Å². The number of aryl methyl sites for hydroxylation is 1. The van der Waals surface area contributed by atoms with Crippen LogP contribution in [0.3, 0.4) is 0 Å². The third-order valence-electron chi connectivity index (χ3n) is 2.85. The molecule has 0 radical (unpaired) electrons. The Morgan fingerprint density at radius 1 is 1.33 bits per heavy atom. The Morgan fingerprint density at radius 3 is 2.60 bits per heavy atom. The van der Waals surface area contributed by atoms with E-state index in [1.807, 2.05) is 0 Å². The average Bonchev–Trinajstić information content (AvgIpc) is 2.95. The molecule has 1 aliphatic carbocycles. The second-order valence-electron chi connectivity index (χ2n) is 4.27. The van der Waals surface area contributed by atoms with Crippen LogP contribution in [-0.4, -0.2) is 0 Å². The summed E-state index contributed by atoms with van der Waals surface area (Å²) in [5, 5.41) is -0.322. The SMILES string of the molecule is Cc1cc(C(Cl)CC2CC2)c(F)cc1F. The van der Waals surface area contributed by atoms with Gasteiger partial charge in [0.25, 0.3) is 0 Å². The first-order valence-electron chi connectivity index (χ1n) is 5.17. The summed E-state index contributed by atoms with van der Waals surface area (Å²) in [6.07, 6.45) is 3.17. The van der Waals surface area contributed by atoms with Gasteiger partial charge in [-0.25, -0.2) is 8.78 Å². The molecule has 0 saturated heterocycles. The van der Waals surface area contributed by atoms with Gasteiger partial charge in [-0.15, -0.1) is 11.6 Å². The Morgan fingerprint density at radius 2 is 2.00 bits per heavy atom. The molecule has 1 atom stereocenters. The van der Waals surface area contributed by atoms with Crippen molar-refractivity contribution >= 4 is 11.6 Å². The van der Waals surface area contributed by atoms with Crippen LogP contribution in [0.2, 0.25) is 0 Å². The molecule has 0 heterocycles. The van der Waals surface area contributed by atoms with Crippen LogP contribution in [-0.2, 0) is 0 Å². The highest BCUT2D eigenvalue weighted by Gasteiger charge is 2.26. The summed E-state index contributed by atoms with van der Waals surface area (Å²) in [4.78, 5) is 0. The summed E-state index contributed by atoms with van der Waals surface area (Å²) in [5.74, 6) is -0.400. The molecule has 1 aromatic rings. The standard InChI is InChI=1S/C12H13ClF2/c1-7-4-9(12(15)6-11(7)14)10(13)5-8-2-3-8/h4,6,8,10H,2-3,5H2,1H3. The molecule has 0 nitrogen and oxygen atoms in total. The second-order valence-corrected chi connectivity index (χ2v) is 4.80. The maximum Gasteiger partial charge on any atom is 0.130 e. The molecular weight excluding hydrogens is 218 g/mol. The lowest BCUT2D eigenvalue weighted by Crippen LogP contribution is -1.99. The van der Waals surface area contributed by atoms with Crippen molar-refractivity contribution in [1.29, 1.82) is 0 Å². The number of benzene rings is 1. The van der Waals surface area contributed by atoms with E-state index in [2.05, 4.69) is 0 Å². The zero-order valence-corrected chi connectivity index (χ0v) is 9.32. The fourth-order valence-electron chi connectivity index (χ4n) is 1.69. The molecule has 0 aliphatic heterocycles. The lowest BCUT2D eigenvalue weighted by molar-refractivity contribution is 0.558. The van der Waals surface area contributed by atoms with Crippen molar-refractivity contribution in [2.75, 3.05) is 0 Å². The summed E-state index contributed by atoms with van der Waals surface area (Å²) >= 11 is 6.11. The predicted molar refractivity (Wildman–Crippen MR) is 57.0 cm³/mol. The molecule has 2 rings (SSSR count). The average molecular weight is 231 g/mol. The summed E-state index contributed by atoms with van der Waals surface area (Å²) in [6, 6.07) is 2.44. The van der Waals surface area contributed by atoms with Crippen LogP contribution in [0.15, 0.2) is 12.1 Å². The van der Waals surface area contributed by atoms with Crippen molar-refractivity contribution in [3.05, 3.63) is 34.9 Å². The molecule has 1 saturated carbocycles. The molecule has 1 aliphatic rings. The number of hydrogen-bond acceptors (Lipinski definition) is 0. The van der Waals surface area contributed by atoms with E-state index in [4.69, 9.17) is 11.6 Å². The minimum atomic E-state index is -0.529. The Kier molecular flexibility index (Phi) is 2.96. The fraction of sp³-hybridized carbons (Fsp3) is 0.500. The molecule has 0 N–H and O–H groups in total. The molecule has 1 unspecified atom stereocenters. The highest BCUT2D eigenvalue weighted by molar-refractivity contribution is 6.20. The molecule has 1 fully saturated rings. The van der Waals surface area contributed by atoms with Gasteiger partial charge in [0.05, 0.1) is 5.38 Å². The van der Waals surface area contributed by atoms with E-state index in [9.17, 15) is 8.78 Å². The van der Waals surface area contributed by atoms with Gasteiger partial charge in [0.15, 0.2) is 0 Å². The fourth-order valence-corrected chi connectivity index (χ4v) is 2.11. The van der Waals surface area contributed by atoms with E-state index in [0.29, 0.717) is 17.0 Å². The maximum absolute atomic E-state index is 13.4. The van der Waals surface area contributed by atoms with Gasteiger partial charge in [-0.3, -0.25) is 0 Å². The van der Waals surface area contributed by atoms with Gasteiger partial charge in [0.1, 0.15) is 11.6 Å². The molecule has 0 amide bonds. The molecule has 15 heavy (non-hydrogen) atoms. The summed E-state index contributed by atoms with van der Waals surface area (Å²) < 4.78 is 26.4. The molecule has 0 spiro atoms. The van der Waals surface area contributed by atoms with Gasteiger partial charge >= 0.3 is 0 Å². The quantitative estimate of drug-likeness (QED) is 0.677. The maximum atomic E-state index is 13.4. The first-order chi connectivity index (χ1) is 7.08. The largest absolute Gasteiger partial charge is 0.207 e. The van der Waals surface area contributed by atoms with Crippen LogP contribution in [0.25, 0.3) is 0 Å². The zero-order valence-electron chi connectivity index (χ0n) is 8.56. The van der Waals surface area contributed by atoms with Gasteiger partial charge in [0.2, 0.25) is 0 Å². The predicted octanol–water partition coefficient (Wildman–Crippen LogP) is 4.35. The monoisotopic (exact) mass is 230 g/mol. The molecule has 0 bridgehead atoms. The van der Waals surface area contributed by atoms with Crippen LogP contribution < -0.4 is 0 Å². The lowest BCUT2D eigenvalue weighted by atomic mass is 10.0. The number of alkyl halides is 1. The molecule has 82 valence electrons. The topological polar surface area (TPSA) is 0 Å². The van der Waals surface area contributed by atoms with E-state index in [0.717, 1.165) is 12.5 Å². The summed E-state index contributed by atoms with van der Waals surface area (Å²) in [7, 11) is 0. The van der Waals surface area contributed by atoms with Gasteiger partial charge in [-0.05, 0) is 30.9 Å².